The molecule has 1 aromatic heterocycles. The van der Waals surface area contributed by atoms with Crippen molar-refractivity contribution < 1.29 is 38.3 Å². The van der Waals surface area contributed by atoms with E-state index in [0.717, 1.165) is 38.5 Å². The van der Waals surface area contributed by atoms with Gasteiger partial charge < -0.3 is 24.0 Å². The number of carbonyl (C=O) groups excluding carboxylic acids is 4. The largest absolute Gasteiger partial charge is 0.506 e. The molecule has 0 bridgehead atoms. The third kappa shape index (κ3) is 16.0. The first-order valence-electron chi connectivity index (χ1n) is 20.6. The summed E-state index contributed by atoms with van der Waals surface area (Å²) in [6.07, 6.45) is 30.6. The predicted molar refractivity (Wildman–Crippen MR) is 211 cm³/mol. The Bertz CT molecular complexity index is 1470. The molecular weight excluding hydrogens is 684 g/mol. The molecule has 54 heavy (non-hydrogen) atoms. The molecule has 3 rings (SSSR count). The van der Waals surface area contributed by atoms with Crippen LogP contribution in [0.4, 0.5) is 0 Å². The average molecular weight is 749 g/mol. The van der Waals surface area contributed by atoms with Crippen molar-refractivity contribution in [2.75, 3.05) is 26.3 Å². The first-order chi connectivity index (χ1) is 26.2. The van der Waals surface area contributed by atoms with Crippen LogP contribution in [0.1, 0.15) is 154 Å². The molecule has 10 heteroatoms. The standard InChI is InChI=1S/C44H64N2O8/c1-4-6-8-10-12-14-16-18-20-22-28-52-40(48)32-46(33-41(49)53-29-23-21-19-17-15-13-11-9-7-5-2)35-24-26-37(39(47)31-35)42-43(50)38(44(42)51)27-25-36-30-34(3)45-54-36/h24-27,30-31,50H,4-23,28-29,32-33H2,1-3H3/b27-25+,42-37+. The number of esters is 2. The Morgan fingerprint density at radius 1 is 0.722 bits per heavy atom. The normalized spacial score (nSPS) is 15.6. The second-order valence-electron chi connectivity index (χ2n) is 14.5. The number of hydrogen-bond acceptors (Lipinski definition) is 10. The van der Waals surface area contributed by atoms with Gasteiger partial charge in [0.15, 0.2) is 11.5 Å². The Hall–Kier alpha value is -4.21. The molecule has 0 spiro atoms. The number of aromatic nitrogens is 1. The van der Waals surface area contributed by atoms with Gasteiger partial charge >= 0.3 is 11.9 Å². The summed E-state index contributed by atoms with van der Waals surface area (Å²) in [6, 6.07) is 1.68. The number of aliphatic hydroxyl groups excluding tert-OH is 1. The number of aliphatic hydroxyl groups is 1. The Balaban J connectivity index is 1.53. The molecule has 1 heterocycles. The van der Waals surface area contributed by atoms with Crippen LogP contribution in [0.3, 0.4) is 0 Å². The first kappa shape index (κ1) is 44.2. The number of Topliss-reactive ketones (excluding diaryl/α,β-unsaturated/α-hetero) is 1. The number of ketones is 2. The number of carbonyl (C=O) groups is 4. The smallest absolute Gasteiger partial charge is 0.325 e. The Morgan fingerprint density at radius 3 is 1.63 bits per heavy atom. The predicted octanol–water partition coefficient (Wildman–Crippen LogP) is 9.94. The molecule has 0 aliphatic heterocycles. The zero-order chi connectivity index (χ0) is 39.0. The minimum absolute atomic E-state index is 0.0286. The van der Waals surface area contributed by atoms with E-state index in [0.29, 0.717) is 17.2 Å². The lowest BCUT2D eigenvalue weighted by Crippen LogP contribution is -2.36. The van der Waals surface area contributed by atoms with E-state index in [1.165, 1.54) is 119 Å². The lowest BCUT2D eigenvalue weighted by atomic mass is 9.82. The third-order valence-electron chi connectivity index (χ3n) is 9.79. The van der Waals surface area contributed by atoms with Crippen LogP contribution in [0.25, 0.3) is 6.08 Å². The molecule has 0 saturated carbocycles. The maximum absolute atomic E-state index is 13.3. The van der Waals surface area contributed by atoms with E-state index in [1.807, 2.05) is 0 Å². The van der Waals surface area contributed by atoms with Gasteiger partial charge in [0.2, 0.25) is 5.78 Å². The fourth-order valence-corrected chi connectivity index (χ4v) is 6.56. The van der Waals surface area contributed by atoms with Crippen LogP contribution in [0.15, 0.2) is 63.1 Å². The highest BCUT2D eigenvalue weighted by Crippen LogP contribution is 2.34. The van der Waals surface area contributed by atoms with E-state index in [-0.39, 0.29) is 48.8 Å². The summed E-state index contributed by atoms with van der Waals surface area (Å²) in [5, 5.41) is 14.5. The Labute approximate surface area is 322 Å². The van der Waals surface area contributed by atoms with Gasteiger partial charge in [0.05, 0.1) is 30.1 Å². The average Bonchev–Trinajstić information content (AvgIpc) is 3.57. The number of allylic oxidation sites excluding steroid dienone is 7. The van der Waals surface area contributed by atoms with Crippen LogP contribution < -0.4 is 0 Å². The lowest BCUT2D eigenvalue weighted by Gasteiger charge is -2.26. The van der Waals surface area contributed by atoms with Crippen molar-refractivity contribution in [2.24, 2.45) is 0 Å². The molecule has 2 aliphatic rings. The van der Waals surface area contributed by atoms with Crippen molar-refractivity contribution in [3.8, 4) is 0 Å². The van der Waals surface area contributed by atoms with Crippen molar-refractivity contribution in [3.63, 3.8) is 0 Å². The van der Waals surface area contributed by atoms with E-state index >= 15 is 0 Å². The maximum Gasteiger partial charge on any atom is 0.325 e. The van der Waals surface area contributed by atoms with Crippen molar-refractivity contribution >= 4 is 29.6 Å². The summed E-state index contributed by atoms with van der Waals surface area (Å²) < 4.78 is 16.1. The molecular formula is C44H64N2O8. The highest BCUT2D eigenvalue weighted by atomic mass is 16.5. The van der Waals surface area contributed by atoms with Crippen molar-refractivity contribution in [1.82, 2.24) is 10.1 Å². The van der Waals surface area contributed by atoms with Crippen molar-refractivity contribution in [2.45, 2.75) is 149 Å². The van der Waals surface area contributed by atoms with Gasteiger partial charge in [-0.2, -0.15) is 0 Å². The minimum atomic E-state index is -0.529. The van der Waals surface area contributed by atoms with Crippen LogP contribution >= 0.6 is 0 Å². The second kappa shape index (κ2) is 25.7. The molecule has 0 aromatic carbocycles. The molecule has 0 atom stereocenters. The maximum atomic E-state index is 13.3. The fraction of sp³-hybridized carbons (Fsp3) is 0.614. The monoisotopic (exact) mass is 748 g/mol. The lowest BCUT2D eigenvalue weighted by molar-refractivity contribution is -0.148. The number of nitrogens with zero attached hydrogens (tertiary/aromatic N) is 2. The summed E-state index contributed by atoms with van der Waals surface area (Å²) in [4.78, 5) is 53.5. The number of ether oxygens (including phenoxy) is 2. The van der Waals surface area contributed by atoms with E-state index < -0.39 is 23.5 Å². The van der Waals surface area contributed by atoms with Crippen LogP contribution in [-0.2, 0) is 28.7 Å². The summed E-state index contributed by atoms with van der Waals surface area (Å²) in [7, 11) is 0. The van der Waals surface area contributed by atoms with Crippen LogP contribution in [0.2, 0.25) is 0 Å². The molecule has 1 N–H and O–H groups in total. The van der Waals surface area contributed by atoms with Crippen LogP contribution in [-0.4, -0.2) is 65.0 Å². The Morgan fingerprint density at radius 2 is 1.20 bits per heavy atom. The van der Waals surface area contributed by atoms with Gasteiger partial charge in [0, 0.05) is 23.4 Å². The van der Waals surface area contributed by atoms with Crippen LogP contribution in [0, 0.1) is 6.92 Å². The zero-order valence-corrected chi connectivity index (χ0v) is 33.1. The van der Waals surface area contributed by atoms with Gasteiger partial charge in [-0.25, -0.2) is 0 Å². The molecule has 0 unspecified atom stereocenters. The summed E-state index contributed by atoms with van der Waals surface area (Å²) in [5.41, 5.74) is 0.987. The van der Waals surface area contributed by atoms with E-state index in [4.69, 9.17) is 14.0 Å². The highest BCUT2D eigenvalue weighted by Gasteiger charge is 2.36. The number of rotatable bonds is 29. The SMILES string of the molecule is CCCCCCCCCCCCOC(=O)CN(CC(=O)OCCCCCCCCCCCC)C1=CC(=O)/C(=C2/C(=O)C(/C=C/c3cc(C)no3)=C2O)C=C1. The zero-order valence-electron chi connectivity index (χ0n) is 33.1. The molecule has 1 aromatic rings. The van der Waals surface area contributed by atoms with E-state index in [2.05, 4.69) is 19.0 Å². The molecule has 0 radical (unpaired) electrons. The van der Waals surface area contributed by atoms with Crippen LogP contribution in [0.5, 0.6) is 0 Å². The molecule has 298 valence electrons. The van der Waals surface area contributed by atoms with Crippen molar-refractivity contribution in [1.29, 1.82) is 0 Å². The second-order valence-corrected chi connectivity index (χ2v) is 14.5. The molecule has 0 fully saturated rings. The molecule has 2 aliphatic carbocycles. The quantitative estimate of drug-likeness (QED) is 0.0479. The molecule has 0 amide bonds. The number of unbranched alkanes of at least 4 members (excludes halogenated alkanes) is 18. The molecule has 0 saturated heterocycles. The number of aryl methyl sites for hydroxylation is 1. The summed E-state index contributed by atoms with van der Waals surface area (Å²) in [6.45, 7) is 6.29. The summed E-state index contributed by atoms with van der Waals surface area (Å²) >= 11 is 0. The molecule has 10 nitrogen and oxygen atoms in total. The van der Waals surface area contributed by atoms with Gasteiger partial charge in [-0.3, -0.25) is 19.2 Å². The highest BCUT2D eigenvalue weighted by molar-refractivity contribution is 6.26. The topological polar surface area (TPSA) is 136 Å². The van der Waals surface area contributed by atoms with E-state index in [9.17, 15) is 24.3 Å². The van der Waals surface area contributed by atoms with Gasteiger partial charge in [-0.15, -0.1) is 0 Å². The third-order valence-corrected chi connectivity index (χ3v) is 9.79. The minimum Gasteiger partial charge on any atom is -0.506 e. The Kier molecular flexibility index (Phi) is 21.1. The first-order valence-corrected chi connectivity index (χ1v) is 20.6. The fourth-order valence-electron chi connectivity index (χ4n) is 6.56. The van der Waals surface area contributed by atoms with Gasteiger partial charge in [0.1, 0.15) is 18.8 Å². The summed E-state index contributed by atoms with van der Waals surface area (Å²) in [5.74, 6) is -1.89. The van der Waals surface area contributed by atoms with E-state index in [1.54, 1.807) is 19.1 Å². The van der Waals surface area contributed by atoms with Gasteiger partial charge in [-0.05, 0) is 44.1 Å². The van der Waals surface area contributed by atoms with Gasteiger partial charge in [0.25, 0.3) is 0 Å². The number of hydrogen-bond donors (Lipinski definition) is 1. The van der Waals surface area contributed by atoms with Crippen molar-refractivity contribution in [3.05, 3.63) is 70.0 Å². The van der Waals surface area contributed by atoms with Gasteiger partial charge in [-0.1, -0.05) is 135 Å².